The van der Waals surface area contributed by atoms with Crippen LogP contribution in [-0.2, 0) is 11.3 Å². The molecule has 0 aromatic carbocycles. The first kappa shape index (κ1) is 14.1. The van der Waals surface area contributed by atoms with E-state index in [-0.39, 0.29) is 5.91 Å². The number of thiazole rings is 1. The predicted octanol–water partition coefficient (Wildman–Crippen LogP) is 1.20. The van der Waals surface area contributed by atoms with E-state index >= 15 is 0 Å². The molecular formula is C12H15N5O2S. The lowest BCUT2D eigenvalue weighted by molar-refractivity contribution is -0.119. The normalized spacial score (nSPS) is 11.4. The summed E-state index contributed by atoms with van der Waals surface area (Å²) >= 11 is 1.37. The number of rotatable bonds is 4. The second-order valence-electron chi connectivity index (χ2n) is 3.94. The Labute approximate surface area is 119 Å². The molecule has 0 saturated heterocycles. The first-order valence-electron chi connectivity index (χ1n) is 5.89. The van der Waals surface area contributed by atoms with Crippen LogP contribution in [0.3, 0.4) is 0 Å². The molecule has 2 rings (SSSR count). The van der Waals surface area contributed by atoms with Crippen LogP contribution in [0.1, 0.15) is 12.7 Å². The van der Waals surface area contributed by atoms with Gasteiger partial charge < -0.3 is 20.8 Å². The quantitative estimate of drug-likeness (QED) is 0.580. The molecule has 0 aliphatic carbocycles. The zero-order valence-electron chi connectivity index (χ0n) is 11.1. The maximum absolute atomic E-state index is 10.8. The van der Waals surface area contributed by atoms with Crippen LogP contribution in [-0.4, -0.2) is 23.9 Å². The molecule has 0 unspecified atom stereocenters. The molecule has 7 nitrogen and oxygen atoms in total. The average Bonchev–Trinajstić information content (AvgIpc) is 3.04. The van der Waals surface area contributed by atoms with Crippen LogP contribution in [0.15, 0.2) is 26.9 Å². The average molecular weight is 293 g/mol. The van der Waals surface area contributed by atoms with Crippen molar-refractivity contribution in [3.63, 3.8) is 0 Å². The van der Waals surface area contributed by atoms with Crippen molar-refractivity contribution in [2.75, 3.05) is 7.05 Å². The van der Waals surface area contributed by atoms with Crippen molar-refractivity contribution in [1.29, 1.82) is 0 Å². The number of nitrogens with two attached hydrogens (primary N) is 1. The summed E-state index contributed by atoms with van der Waals surface area (Å²) in [4.78, 5) is 19.2. The summed E-state index contributed by atoms with van der Waals surface area (Å²) in [5.74, 6) is 1.50. The Morgan fingerprint density at radius 3 is 3.05 bits per heavy atom. The van der Waals surface area contributed by atoms with E-state index in [1.807, 2.05) is 5.38 Å². The summed E-state index contributed by atoms with van der Waals surface area (Å²) in [6.45, 7) is 1.82. The number of nitrogens with one attached hydrogen (secondary N) is 2. The third-order valence-corrected chi connectivity index (χ3v) is 3.12. The number of furan rings is 1. The number of nitrogens with zero attached hydrogens (tertiary/aromatic N) is 2. The van der Waals surface area contributed by atoms with E-state index in [0.717, 1.165) is 0 Å². The lowest BCUT2D eigenvalue weighted by Crippen LogP contribution is -2.27. The monoisotopic (exact) mass is 293 g/mol. The molecule has 0 saturated carbocycles. The second kappa shape index (κ2) is 6.20. The minimum atomic E-state index is -0.101. The minimum Gasteiger partial charge on any atom is -0.458 e. The molecule has 0 aliphatic rings. The van der Waals surface area contributed by atoms with Gasteiger partial charge in [0.25, 0.3) is 0 Å². The van der Waals surface area contributed by atoms with E-state index in [2.05, 4.69) is 20.6 Å². The lowest BCUT2D eigenvalue weighted by atomic mass is 10.3. The fourth-order valence-electron chi connectivity index (χ4n) is 1.41. The van der Waals surface area contributed by atoms with Gasteiger partial charge in [-0.1, -0.05) is 0 Å². The van der Waals surface area contributed by atoms with Crippen LogP contribution in [0.2, 0.25) is 0 Å². The fourth-order valence-corrected chi connectivity index (χ4v) is 2.10. The maximum Gasteiger partial charge on any atom is 0.217 e. The molecule has 4 N–H and O–H groups in total. The maximum atomic E-state index is 10.8. The summed E-state index contributed by atoms with van der Waals surface area (Å²) in [5.41, 5.74) is 6.25. The van der Waals surface area contributed by atoms with Crippen LogP contribution in [0, 0.1) is 0 Å². The van der Waals surface area contributed by atoms with Gasteiger partial charge in [-0.3, -0.25) is 4.79 Å². The molecule has 0 spiro atoms. The van der Waals surface area contributed by atoms with Gasteiger partial charge in [-0.2, -0.15) is 4.99 Å². The van der Waals surface area contributed by atoms with Crippen LogP contribution >= 0.6 is 11.3 Å². The Morgan fingerprint density at radius 1 is 1.55 bits per heavy atom. The number of hydrogen-bond acceptors (Lipinski definition) is 5. The number of carbonyl (C=O) groups excluding carboxylic acids is 1. The molecule has 0 radical (unpaired) electrons. The largest absolute Gasteiger partial charge is 0.458 e. The predicted molar refractivity (Wildman–Crippen MR) is 77.7 cm³/mol. The Hall–Kier alpha value is -2.35. The van der Waals surface area contributed by atoms with E-state index in [1.54, 1.807) is 19.2 Å². The second-order valence-corrected chi connectivity index (χ2v) is 4.77. The van der Waals surface area contributed by atoms with E-state index < -0.39 is 0 Å². The molecule has 1 amide bonds. The van der Waals surface area contributed by atoms with E-state index in [0.29, 0.717) is 34.9 Å². The third-order valence-electron chi connectivity index (χ3n) is 2.39. The number of aliphatic imine (C=N–C) groups is 1. The van der Waals surface area contributed by atoms with Gasteiger partial charge in [0, 0.05) is 19.4 Å². The lowest BCUT2D eigenvalue weighted by Gasteiger charge is -1.97. The molecule has 2 aromatic rings. The number of aromatic nitrogens is 1. The van der Waals surface area contributed by atoms with Gasteiger partial charge in [0.2, 0.25) is 11.0 Å². The number of hydrogen-bond donors (Lipinski definition) is 3. The highest BCUT2D eigenvalue weighted by Crippen LogP contribution is 2.27. The van der Waals surface area contributed by atoms with Crippen LogP contribution in [0.5, 0.6) is 0 Å². The fraction of sp³-hybridized carbons (Fsp3) is 0.250. The molecule has 0 atom stereocenters. The van der Waals surface area contributed by atoms with Gasteiger partial charge in [0.15, 0.2) is 11.7 Å². The van der Waals surface area contributed by atoms with Crippen molar-refractivity contribution in [3.05, 3.63) is 23.3 Å². The van der Waals surface area contributed by atoms with Crippen LogP contribution in [0.25, 0.3) is 11.5 Å². The molecule has 8 heteroatoms. The summed E-state index contributed by atoms with van der Waals surface area (Å²) in [7, 11) is 1.69. The third kappa shape index (κ3) is 3.58. The first-order chi connectivity index (χ1) is 9.58. The Bertz CT molecular complexity index is 631. The molecule has 0 fully saturated rings. The van der Waals surface area contributed by atoms with Crippen molar-refractivity contribution < 1.29 is 9.21 Å². The summed E-state index contributed by atoms with van der Waals surface area (Å²) in [6.07, 6.45) is 0. The van der Waals surface area contributed by atoms with Gasteiger partial charge in [0.05, 0.1) is 6.54 Å². The molecular weight excluding hydrogens is 278 g/mol. The summed E-state index contributed by atoms with van der Waals surface area (Å²) in [5, 5.41) is 7.78. The number of carbonyl (C=O) groups is 1. The van der Waals surface area contributed by atoms with E-state index in [4.69, 9.17) is 10.2 Å². The van der Waals surface area contributed by atoms with Crippen molar-refractivity contribution in [1.82, 2.24) is 15.6 Å². The van der Waals surface area contributed by atoms with Gasteiger partial charge in [-0.25, -0.2) is 4.98 Å². The smallest absolute Gasteiger partial charge is 0.217 e. The van der Waals surface area contributed by atoms with Crippen molar-refractivity contribution in [3.8, 4) is 11.5 Å². The summed E-state index contributed by atoms with van der Waals surface area (Å²) < 4.78 is 5.60. The SMILES string of the molecule is CN/C(N)=N/c1nc(-c2ccc(CNC(C)=O)o2)cs1. The van der Waals surface area contributed by atoms with Gasteiger partial charge >= 0.3 is 0 Å². The highest BCUT2D eigenvalue weighted by Gasteiger charge is 2.09. The van der Waals surface area contributed by atoms with Crippen molar-refractivity contribution >= 4 is 28.3 Å². The van der Waals surface area contributed by atoms with E-state index in [9.17, 15) is 4.79 Å². The Kier molecular flexibility index (Phi) is 4.36. The Balaban J connectivity index is 2.10. The molecule has 2 heterocycles. The zero-order valence-corrected chi connectivity index (χ0v) is 12.0. The van der Waals surface area contributed by atoms with Crippen LogP contribution in [0.4, 0.5) is 5.13 Å². The molecule has 20 heavy (non-hydrogen) atoms. The minimum absolute atomic E-state index is 0.101. The molecule has 0 aliphatic heterocycles. The molecule has 106 valence electrons. The Morgan fingerprint density at radius 2 is 2.35 bits per heavy atom. The highest BCUT2D eigenvalue weighted by atomic mass is 32.1. The van der Waals surface area contributed by atoms with Gasteiger partial charge in [-0.15, -0.1) is 11.3 Å². The highest BCUT2D eigenvalue weighted by molar-refractivity contribution is 7.13. The summed E-state index contributed by atoms with van der Waals surface area (Å²) in [6, 6.07) is 3.61. The molecule has 0 bridgehead atoms. The zero-order chi connectivity index (χ0) is 14.5. The number of guanidine groups is 1. The first-order valence-corrected chi connectivity index (χ1v) is 6.77. The topological polar surface area (TPSA) is 106 Å². The van der Waals surface area contributed by atoms with Gasteiger partial charge in [-0.05, 0) is 12.1 Å². The van der Waals surface area contributed by atoms with E-state index in [1.165, 1.54) is 18.3 Å². The number of amides is 1. The van der Waals surface area contributed by atoms with Crippen molar-refractivity contribution in [2.24, 2.45) is 10.7 Å². The van der Waals surface area contributed by atoms with Gasteiger partial charge in [0.1, 0.15) is 11.5 Å². The standard InChI is InChI=1S/C12H15N5O2S/c1-7(18)15-5-8-3-4-10(19-8)9-6-20-12(16-9)17-11(13)14-2/h3-4,6H,5H2,1-2H3,(H,15,18)(H3,13,14,16,17). The van der Waals surface area contributed by atoms with Crippen molar-refractivity contribution in [2.45, 2.75) is 13.5 Å². The van der Waals surface area contributed by atoms with Crippen LogP contribution < -0.4 is 16.4 Å². The molecule has 2 aromatic heterocycles.